The maximum atomic E-state index is 13.9. The summed E-state index contributed by atoms with van der Waals surface area (Å²) in [5, 5.41) is 3.17. The first kappa shape index (κ1) is 28.7. The number of hydrogen-bond acceptors (Lipinski definition) is 4. The number of carbonyl (C=O) groups excluding carboxylic acids is 2. The van der Waals surface area contributed by atoms with Crippen LogP contribution >= 0.6 is 0 Å². The van der Waals surface area contributed by atoms with Gasteiger partial charge in [0.2, 0.25) is 21.8 Å². The van der Waals surface area contributed by atoms with Crippen molar-refractivity contribution in [2.75, 3.05) is 17.1 Å². The van der Waals surface area contributed by atoms with Crippen molar-refractivity contribution in [2.45, 2.75) is 84.8 Å². The third-order valence-corrected chi connectivity index (χ3v) is 8.21. The Kier molecular flexibility index (Phi) is 9.76. The monoisotopic (exact) mass is 527 g/mol. The van der Waals surface area contributed by atoms with Crippen LogP contribution in [0.4, 0.5) is 5.69 Å². The normalized spacial score (nSPS) is 15.2. The number of sulfonamides is 1. The number of nitrogens with one attached hydrogen (secondary N) is 1. The standard InChI is InChI=1S/C29H41N3O4S/c1-6-26(29(34)30-25-13-8-7-9-14-25)31(19-24-12-10-11-21(2)17-24)28(33)20-32(37(5,35)36)27-18-22(3)15-16-23(27)4/h10-12,15-18,25-26H,6-9,13-14,19-20H2,1-5H3,(H,30,34)/t26-/m0/s1. The Morgan fingerprint density at radius 1 is 1.00 bits per heavy atom. The van der Waals surface area contributed by atoms with Crippen LogP contribution in [0.15, 0.2) is 42.5 Å². The molecule has 2 aromatic rings. The Bertz CT molecular complexity index is 1210. The maximum Gasteiger partial charge on any atom is 0.244 e. The zero-order valence-corrected chi connectivity index (χ0v) is 23.6. The molecule has 0 unspecified atom stereocenters. The molecule has 0 bridgehead atoms. The fraction of sp³-hybridized carbons (Fsp3) is 0.517. The zero-order valence-electron chi connectivity index (χ0n) is 22.8. The van der Waals surface area contributed by atoms with Gasteiger partial charge in [-0.3, -0.25) is 13.9 Å². The molecule has 2 aromatic carbocycles. The predicted octanol–water partition coefficient (Wildman–Crippen LogP) is 4.63. The summed E-state index contributed by atoms with van der Waals surface area (Å²) < 4.78 is 26.9. The summed E-state index contributed by atoms with van der Waals surface area (Å²) >= 11 is 0. The molecule has 0 saturated heterocycles. The van der Waals surface area contributed by atoms with Crippen molar-refractivity contribution in [3.05, 3.63) is 64.7 Å². The lowest BCUT2D eigenvalue weighted by atomic mass is 9.95. The van der Waals surface area contributed by atoms with Crippen LogP contribution in [-0.2, 0) is 26.2 Å². The van der Waals surface area contributed by atoms with Crippen molar-refractivity contribution in [3.63, 3.8) is 0 Å². The summed E-state index contributed by atoms with van der Waals surface area (Å²) in [7, 11) is -3.76. The van der Waals surface area contributed by atoms with Crippen molar-refractivity contribution in [3.8, 4) is 0 Å². The van der Waals surface area contributed by atoms with Crippen molar-refractivity contribution in [1.29, 1.82) is 0 Å². The van der Waals surface area contributed by atoms with Crippen LogP contribution in [0.1, 0.15) is 67.7 Å². The van der Waals surface area contributed by atoms with E-state index in [0.29, 0.717) is 12.1 Å². The summed E-state index contributed by atoms with van der Waals surface area (Å²) in [6.45, 7) is 7.44. The van der Waals surface area contributed by atoms with E-state index >= 15 is 0 Å². The Balaban J connectivity index is 1.94. The van der Waals surface area contributed by atoms with E-state index in [9.17, 15) is 18.0 Å². The molecule has 202 valence electrons. The Hall–Kier alpha value is -2.87. The molecule has 0 radical (unpaired) electrons. The van der Waals surface area contributed by atoms with Gasteiger partial charge in [-0.2, -0.15) is 0 Å². The minimum Gasteiger partial charge on any atom is -0.352 e. The zero-order chi connectivity index (χ0) is 27.2. The number of nitrogens with zero attached hydrogens (tertiary/aromatic N) is 2. The molecule has 1 aliphatic rings. The van der Waals surface area contributed by atoms with Gasteiger partial charge in [0.15, 0.2) is 0 Å². The number of aryl methyl sites for hydroxylation is 3. The average molecular weight is 528 g/mol. The quantitative estimate of drug-likeness (QED) is 0.488. The predicted molar refractivity (Wildman–Crippen MR) is 149 cm³/mol. The van der Waals surface area contributed by atoms with Gasteiger partial charge in [0, 0.05) is 12.6 Å². The molecule has 0 heterocycles. The van der Waals surface area contributed by atoms with Crippen molar-refractivity contribution in [2.24, 2.45) is 0 Å². The van der Waals surface area contributed by atoms with E-state index in [-0.39, 0.29) is 25.0 Å². The molecule has 0 aromatic heterocycles. The van der Waals surface area contributed by atoms with Gasteiger partial charge in [-0.15, -0.1) is 0 Å². The highest BCUT2D eigenvalue weighted by Gasteiger charge is 2.33. The highest BCUT2D eigenvalue weighted by atomic mass is 32.2. The summed E-state index contributed by atoms with van der Waals surface area (Å²) in [6.07, 6.45) is 6.80. The molecule has 0 spiro atoms. The first-order chi connectivity index (χ1) is 17.5. The van der Waals surface area contributed by atoms with Gasteiger partial charge in [0.25, 0.3) is 0 Å². The van der Waals surface area contributed by atoms with Gasteiger partial charge in [-0.1, -0.05) is 68.1 Å². The lowest BCUT2D eigenvalue weighted by Gasteiger charge is -2.34. The number of anilines is 1. The fourth-order valence-electron chi connectivity index (χ4n) is 5.05. The summed E-state index contributed by atoms with van der Waals surface area (Å²) in [5.74, 6) is -0.577. The van der Waals surface area contributed by atoms with Crippen LogP contribution < -0.4 is 9.62 Å². The number of benzene rings is 2. The third kappa shape index (κ3) is 7.81. The van der Waals surface area contributed by atoms with E-state index in [1.165, 1.54) is 6.42 Å². The van der Waals surface area contributed by atoms with E-state index in [1.54, 1.807) is 11.0 Å². The average Bonchev–Trinajstić information content (AvgIpc) is 2.84. The van der Waals surface area contributed by atoms with Crippen LogP contribution in [0.25, 0.3) is 0 Å². The molecule has 3 rings (SSSR count). The van der Waals surface area contributed by atoms with Crippen LogP contribution in [0.2, 0.25) is 0 Å². The minimum absolute atomic E-state index is 0.119. The van der Waals surface area contributed by atoms with Gasteiger partial charge in [0.1, 0.15) is 12.6 Å². The largest absolute Gasteiger partial charge is 0.352 e. The smallest absolute Gasteiger partial charge is 0.244 e. The van der Waals surface area contributed by atoms with Gasteiger partial charge in [0.05, 0.1) is 11.9 Å². The first-order valence-electron chi connectivity index (χ1n) is 13.2. The number of carbonyl (C=O) groups is 2. The first-order valence-corrected chi connectivity index (χ1v) is 15.0. The minimum atomic E-state index is -3.76. The van der Waals surface area contributed by atoms with Crippen LogP contribution in [0, 0.1) is 20.8 Å². The molecule has 7 nitrogen and oxygen atoms in total. The molecule has 1 N–H and O–H groups in total. The van der Waals surface area contributed by atoms with Gasteiger partial charge >= 0.3 is 0 Å². The Labute approximate surface area is 222 Å². The van der Waals surface area contributed by atoms with E-state index in [4.69, 9.17) is 0 Å². The van der Waals surface area contributed by atoms with Crippen LogP contribution in [-0.4, -0.2) is 50.0 Å². The summed E-state index contributed by atoms with van der Waals surface area (Å²) in [6, 6.07) is 12.8. The molecule has 1 fully saturated rings. The molecule has 1 atom stereocenters. The highest BCUT2D eigenvalue weighted by Crippen LogP contribution is 2.25. The molecule has 8 heteroatoms. The van der Waals surface area contributed by atoms with Crippen molar-refractivity contribution >= 4 is 27.5 Å². The maximum absolute atomic E-state index is 13.9. The van der Waals surface area contributed by atoms with E-state index < -0.39 is 22.0 Å². The summed E-state index contributed by atoms with van der Waals surface area (Å²) in [5.41, 5.74) is 4.09. The van der Waals surface area contributed by atoms with Gasteiger partial charge in [-0.05, 0) is 62.8 Å². The molecule has 37 heavy (non-hydrogen) atoms. The Morgan fingerprint density at radius 3 is 2.30 bits per heavy atom. The van der Waals surface area contributed by atoms with Gasteiger partial charge < -0.3 is 10.2 Å². The third-order valence-electron chi connectivity index (χ3n) is 7.09. The molecule has 1 saturated carbocycles. The fourth-order valence-corrected chi connectivity index (χ4v) is 5.95. The second kappa shape index (κ2) is 12.6. The molecular weight excluding hydrogens is 486 g/mol. The topological polar surface area (TPSA) is 86.8 Å². The Morgan fingerprint density at radius 2 is 1.68 bits per heavy atom. The van der Waals surface area contributed by atoms with Crippen LogP contribution in [0.3, 0.4) is 0 Å². The second-order valence-corrected chi connectivity index (χ2v) is 12.2. The number of amides is 2. The highest BCUT2D eigenvalue weighted by molar-refractivity contribution is 7.92. The van der Waals surface area contributed by atoms with Crippen LogP contribution in [0.5, 0.6) is 0 Å². The van der Waals surface area contributed by atoms with E-state index in [1.807, 2.05) is 64.1 Å². The molecule has 0 aliphatic heterocycles. The van der Waals surface area contributed by atoms with Crippen molar-refractivity contribution in [1.82, 2.24) is 10.2 Å². The lowest BCUT2D eigenvalue weighted by molar-refractivity contribution is -0.140. The molecule has 1 aliphatic carbocycles. The van der Waals surface area contributed by atoms with E-state index in [2.05, 4.69) is 5.32 Å². The molecular formula is C29H41N3O4S. The number of hydrogen-bond donors (Lipinski definition) is 1. The van der Waals surface area contributed by atoms with E-state index in [0.717, 1.165) is 58.5 Å². The van der Waals surface area contributed by atoms with Crippen molar-refractivity contribution < 1.29 is 18.0 Å². The second-order valence-electron chi connectivity index (χ2n) is 10.3. The molecule has 2 amide bonds. The SMILES string of the molecule is CC[C@@H](C(=O)NC1CCCCC1)N(Cc1cccc(C)c1)C(=O)CN(c1cc(C)ccc1C)S(C)(=O)=O. The number of rotatable bonds is 10. The lowest BCUT2D eigenvalue weighted by Crippen LogP contribution is -2.54. The summed E-state index contributed by atoms with van der Waals surface area (Å²) in [4.78, 5) is 28.9. The van der Waals surface area contributed by atoms with Gasteiger partial charge in [-0.25, -0.2) is 8.42 Å².